The van der Waals surface area contributed by atoms with Crippen LogP contribution in [0, 0.1) is 12.1 Å². The van der Waals surface area contributed by atoms with Gasteiger partial charge in [0.15, 0.2) is 11.2 Å². The molecule has 27 heavy (non-hydrogen) atoms. The van der Waals surface area contributed by atoms with E-state index in [-0.39, 0.29) is 5.91 Å². The third-order valence-electron chi connectivity index (χ3n) is 5.61. The first kappa shape index (κ1) is 16.0. The Morgan fingerprint density at radius 1 is 1.22 bits per heavy atom. The summed E-state index contributed by atoms with van der Waals surface area (Å²) < 4.78 is 0.853. The van der Waals surface area contributed by atoms with Gasteiger partial charge in [0.25, 0.3) is 11.7 Å². The van der Waals surface area contributed by atoms with Gasteiger partial charge in [-0.1, -0.05) is 19.3 Å². The molecular weight excluding hydrogens is 346 g/mol. The molecule has 1 amide bonds. The molecule has 1 aliphatic heterocycles. The van der Waals surface area contributed by atoms with Crippen molar-refractivity contribution in [1.29, 1.82) is 0 Å². The second-order valence-electron chi connectivity index (χ2n) is 7.27. The van der Waals surface area contributed by atoms with E-state index in [1.54, 1.807) is 6.07 Å². The van der Waals surface area contributed by atoms with E-state index < -0.39 is 5.54 Å². The highest BCUT2D eigenvalue weighted by Crippen LogP contribution is 2.42. The molecule has 1 fully saturated rings. The first-order chi connectivity index (χ1) is 13.1. The molecule has 0 atom stereocenters. The summed E-state index contributed by atoms with van der Waals surface area (Å²) in [4.78, 5) is 28.1. The number of hydrogen-bond acceptors (Lipinski definition) is 6. The predicted octanol–water partition coefficient (Wildman–Crippen LogP) is 1.94. The lowest BCUT2D eigenvalue weighted by Gasteiger charge is -2.34. The molecule has 3 N–H and O–H groups in total. The van der Waals surface area contributed by atoms with Crippen molar-refractivity contribution in [2.75, 3.05) is 5.32 Å². The summed E-state index contributed by atoms with van der Waals surface area (Å²) in [5.41, 5.74) is 2.38. The van der Waals surface area contributed by atoms with Crippen LogP contribution in [0.5, 0.6) is 0 Å². The van der Waals surface area contributed by atoms with Crippen molar-refractivity contribution in [1.82, 2.24) is 25.3 Å². The van der Waals surface area contributed by atoms with Crippen LogP contribution in [0.1, 0.15) is 53.7 Å². The van der Waals surface area contributed by atoms with Crippen molar-refractivity contribution in [2.45, 2.75) is 44.6 Å². The largest absolute Gasteiger partial charge is 0.710 e. The smallest absolute Gasteiger partial charge is 0.284 e. The van der Waals surface area contributed by atoms with Gasteiger partial charge in [0.05, 0.1) is 11.9 Å². The maximum Gasteiger partial charge on any atom is 0.284 e. The van der Waals surface area contributed by atoms with E-state index in [1.807, 2.05) is 6.92 Å². The number of aromatic nitrogens is 5. The van der Waals surface area contributed by atoms with Gasteiger partial charge in [-0.05, 0) is 25.3 Å². The number of amides is 1. The average Bonchev–Trinajstić information content (AvgIpc) is 3.24. The molecule has 1 spiro atoms. The van der Waals surface area contributed by atoms with Crippen LogP contribution in [0.2, 0.25) is 0 Å². The Balaban J connectivity index is 1.65. The van der Waals surface area contributed by atoms with Gasteiger partial charge in [-0.3, -0.25) is 4.79 Å². The average molecular weight is 365 g/mol. The Kier molecular flexibility index (Phi) is 3.33. The summed E-state index contributed by atoms with van der Waals surface area (Å²) in [6, 6.07) is 1.69. The fourth-order valence-electron chi connectivity index (χ4n) is 4.39. The molecule has 4 heterocycles. The Bertz CT molecular complexity index is 1070. The molecule has 1 aliphatic carbocycles. The Labute approximate surface area is 154 Å². The van der Waals surface area contributed by atoms with Crippen molar-refractivity contribution in [2.24, 2.45) is 0 Å². The van der Waals surface area contributed by atoms with Crippen LogP contribution >= 0.6 is 0 Å². The van der Waals surface area contributed by atoms with Crippen molar-refractivity contribution in [3.8, 4) is 0 Å². The van der Waals surface area contributed by atoms with E-state index in [0.29, 0.717) is 34.1 Å². The number of hydrogen-bond donors (Lipinski definition) is 3. The molecule has 0 unspecified atom stereocenters. The second kappa shape index (κ2) is 5.63. The third kappa shape index (κ3) is 2.27. The number of carbonyl (C=O) groups is 1. The predicted molar refractivity (Wildman–Crippen MR) is 97.3 cm³/mol. The first-order valence-corrected chi connectivity index (χ1v) is 9.10. The van der Waals surface area contributed by atoms with Crippen LogP contribution in [0.4, 0.5) is 11.6 Å². The van der Waals surface area contributed by atoms with Crippen molar-refractivity contribution in [3.63, 3.8) is 0 Å². The minimum Gasteiger partial charge on any atom is -0.710 e. The van der Waals surface area contributed by atoms with Crippen LogP contribution < -0.4 is 15.4 Å². The summed E-state index contributed by atoms with van der Waals surface area (Å²) in [6.45, 7) is 1.86. The number of anilines is 2. The Hall–Kier alpha value is -3.23. The minimum absolute atomic E-state index is 0.155. The molecule has 3 aromatic heterocycles. The Morgan fingerprint density at radius 2 is 2.04 bits per heavy atom. The standard InChI is InChI=1S/C18H19N7O2/c1-10-7-11(23-16-13-15(20-8-19-13)21-9-22-16)25(27)14-12(10)17(26)24-18(14)5-3-2-4-6-18/h7-9H,2-6H2,1H3,(H,24,26)(H2,19,20,21,22,23). The van der Waals surface area contributed by atoms with Gasteiger partial charge in [0.1, 0.15) is 17.6 Å². The van der Waals surface area contributed by atoms with Crippen molar-refractivity contribution < 1.29 is 9.52 Å². The number of rotatable bonds is 2. The van der Waals surface area contributed by atoms with Crippen molar-refractivity contribution >= 4 is 28.7 Å². The van der Waals surface area contributed by atoms with Crippen LogP contribution in [-0.2, 0) is 5.54 Å². The lowest BCUT2D eigenvalue weighted by atomic mass is 9.79. The summed E-state index contributed by atoms with van der Waals surface area (Å²) in [5, 5.41) is 19.5. The first-order valence-electron chi connectivity index (χ1n) is 9.10. The monoisotopic (exact) mass is 365 g/mol. The number of nitrogens with zero attached hydrogens (tertiary/aromatic N) is 4. The molecule has 0 aromatic carbocycles. The van der Waals surface area contributed by atoms with E-state index in [9.17, 15) is 10.0 Å². The van der Waals surface area contributed by atoms with Crippen LogP contribution in [-0.4, -0.2) is 25.8 Å². The topological polar surface area (TPSA) is 123 Å². The van der Waals surface area contributed by atoms with Gasteiger partial charge >= 0.3 is 0 Å². The molecule has 0 bridgehead atoms. The molecule has 9 heteroatoms. The zero-order valence-electron chi connectivity index (χ0n) is 14.9. The summed E-state index contributed by atoms with van der Waals surface area (Å²) in [7, 11) is 0. The van der Waals surface area contributed by atoms with Gasteiger partial charge in [0, 0.05) is 6.07 Å². The number of pyridine rings is 1. The number of aryl methyl sites for hydroxylation is 1. The molecule has 3 aromatic rings. The van der Waals surface area contributed by atoms with E-state index >= 15 is 0 Å². The number of nitrogens with one attached hydrogen (secondary N) is 3. The number of fused-ring (bicyclic) bond motifs is 3. The zero-order chi connectivity index (χ0) is 18.6. The zero-order valence-corrected chi connectivity index (χ0v) is 14.9. The molecule has 0 saturated heterocycles. The maximum atomic E-state index is 13.3. The summed E-state index contributed by atoms with van der Waals surface area (Å²) in [6.07, 6.45) is 7.63. The maximum absolute atomic E-state index is 13.3. The van der Waals surface area contributed by atoms with E-state index in [4.69, 9.17) is 0 Å². The van der Waals surface area contributed by atoms with Gasteiger partial charge in [-0.25, -0.2) is 20.0 Å². The van der Waals surface area contributed by atoms with E-state index in [0.717, 1.165) is 42.4 Å². The number of aromatic amines is 1. The lowest BCUT2D eigenvalue weighted by Crippen LogP contribution is -2.49. The van der Waals surface area contributed by atoms with Gasteiger partial charge < -0.3 is 15.5 Å². The summed E-state index contributed by atoms with van der Waals surface area (Å²) >= 11 is 0. The fraction of sp³-hybridized carbons (Fsp3) is 0.389. The molecule has 0 radical (unpaired) electrons. The van der Waals surface area contributed by atoms with Gasteiger partial charge in [-0.15, -0.1) is 0 Å². The quantitative estimate of drug-likeness (QED) is 0.471. The molecule has 1 saturated carbocycles. The van der Waals surface area contributed by atoms with Crippen LogP contribution in [0.3, 0.4) is 0 Å². The van der Waals surface area contributed by atoms with E-state index in [2.05, 4.69) is 30.6 Å². The normalized spacial score (nSPS) is 17.9. The number of H-pyrrole nitrogens is 1. The lowest BCUT2D eigenvalue weighted by molar-refractivity contribution is -0.603. The fourth-order valence-corrected chi connectivity index (χ4v) is 4.39. The SMILES string of the molecule is Cc1cc(Nc2ncnc3[nH]cnc23)[n+]([O-])c2c1C(=O)NC21CCCCC1. The molecule has 138 valence electrons. The third-order valence-corrected chi connectivity index (χ3v) is 5.61. The van der Waals surface area contributed by atoms with E-state index in [1.165, 1.54) is 12.7 Å². The molecule has 9 nitrogen and oxygen atoms in total. The number of carbonyl (C=O) groups excluding carboxylic acids is 1. The number of imidazole rings is 1. The molecule has 5 rings (SSSR count). The minimum atomic E-state index is -0.567. The highest BCUT2D eigenvalue weighted by Gasteiger charge is 2.48. The van der Waals surface area contributed by atoms with Crippen LogP contribution in [0.25, 0.3) is 11.2 Å². The highest BCUT2D eigenvalue weighted by atomic mass is 16.5. The van der Waals surface area contributed by atoms with Crippen LogP contribution in [0.15, 0.2) is 18.7 Å². The molecular formula is C18H19N7O2. The molecule has 2 aliphatic rings. The Morgan fingerprint density at radius 3 is 2.85 bits per heavy atom. The summed E-state index contributed by atoms with van der Waals surface area (Å²) in [5.74, 6) is 0.619. The van der Waals surface area contributed by atoms with Crippen molar-refractivity contribution in [3.05, 3.63) is 40.7 Å². The van der Waals surface area contributed by atoms with Gasteiger partial charge in [-0.2, -0.15) is 4.98 Å². The highest BCUT2D eigenvalue weighted by molar-refractivity contribution is 6.00. The van der Waals surface area contributed by atoms with Gasteiger partial charge in [0.2, 0.25) is 5.82 Å². The second-order valence-corrected chi connectivity index (χ2v) is 7.27.